The molecule has 1 rings (SSSR count). The van der Waals surface area contributed by atoms with Gasteiger partial charge in [-0.25, -0.2) is 0 Å². The van der Waals surface area contributed by atoms with E-state index in [0.717, 1.165) is 17.3 Å². The van der Waals surface area contributed by atoms with E-state index in [4.69, 9.17) is 9.05 Å². The van der Waals surface area contributed by atoms with Gasteiger partial charge in [0, 0.05) is 26.8 Å². The first-order chi connectivity index (χ1) is 8.69. The van der Waals surface area contributed by atoms with Gasteiger partial charge in [-0.1, -0.05) is 24.3 Å². The van der Waals surface area contributed by atoms with Crippen molar-refractivity contribution in [2.24, 2.45) is 0 Å². The zero-order valence-corrected chi connectivity index (χ0v) is 11.9. The molecule has 0 atom stereocenters. The highest BCUT2D eigenvalue weighted by Gasteiger charge is 2.08. The Bertz CT molecular complexity index is 377. The minimum absolute atomic E-state index is 0.184. The van der Waals surface area contributed by atoms with E-state index in [2.05, 4.69) is 10.8 Å². The molecule has 0 aliphatic rings. The lowest BCUT2D eigenvalue weighted by Gasteiger charge is -2.12. The van der Waals surface area contributed by atoms with E-state index in [-0.39, 0.29) is 5.97 Å². The minimum Gasteiger partial charge on any atom is -0.469 e. The van der Waals surface area contributed by atoms with E-state index < -0.39 is 8.38 Å². The second-order valence-corrected chi connectivity index (χ2v) is 5.46. The highest BCUT2D eigenvalue weighted by molar-refractivity contribution is 7.46. The molecule has 0 spiro atoms. The molecule has 0 radical (unpaired) electrons. The van der Waals surface area contributed by atoms with Crippen LogP contribution >= 0.6 is 8.38 Å². The summed E-state index contributed by atoms with van der Waals surface area (Å²) in [6.07, 6.45) is 1.86. The fourth-order valence-corrected chi connectivity index (χ4v) is 2.49. The largest absolute Gasteiger partial charge is 0.469 e. The highest BCUT2D eigenvalue weighted by Crippen LogP contribution is 2.40. The average Bonchev–Trinajstić information content (AvgIpc) is 2.42. The molecule has 1 aromatic carbocycles. The Hall–Kier alpha value is -0.960. The zero-order chi connectivity index (χ0) is 13.4. The Balaban J connectivity index is 2.58. The second-order valence-electron chi connectivity index (χ2n) is 3.75. The number of rotatable bonds is 7. The summed E-state index contributed by atoms with van der Waals surface area (Å²) in [5.74, 6) is -0.184. The van der Waals surface area contributed by atoms with Gasteiger partial charge in [0.25, 0.3) is 0 Å². The first kappa shape index (κ1) is 15.1. The Morgan fingerprint density at radius 1 is 1.17 bits per heavy atom. The summed E-state index contributed by atoms with van der Waals surface area (Å²) in [6, 6.07) is 8.11. The van der Waals surface area contributed by atoms with Gasteiger partial charge in [0.1, 0.15) is 0 Å². The summed E-state index contributed by atoms with van der Waals surface area (Å²) in [5.41, 5.74) is 2.28. The highest BCUT2D eigenvalue weighted by atomic mass is 31.2. The quantitative estimate of drug-likeness (QED) is 0.564. The van der Waals surface area contributed by atoms with Crippen molar-refractivity contribution in [3.8, 4) is 0 Å². The molecule has 0 saturated carbocycles. The summed E-state index contributed by atoms with van der Waals surface area (Å²) < 4.78 is 15.1. The van der Waals surface area contributed by atoms with Gasteiger partial charge in [-0.15, -0.1) is 0 Å². The van der Waals surface area contributed by atoms with Crippen LogP contribution in [-0.2, 0) is 31.2 Å². The van der Waals surface area contributed by atoms with E-state index in [0.29, 0.717) is 12.8 Å². The minimum atomic E-state index is -0.861. The smallest absolute Gasteiger partial charge is 0.305 e. The maximum absolute atomic E-state index is 11.1. The number of carbonyl (C=O) groups excluding carboxylic acids is 1. The standard InChI is InChI=1S/C13H19O4P/c1-15-13(14)8-7-11-5-4-6-12(9-11)10-18(16-2)17-3/h4-6,9H,7-8,10H2,1-3H3. The van der Waals surface area contributed by atoms with Crippen molar-refractivity contribution in [1.82, 2.24) is 0 Å². The first-order valence-corrected chi connectivity index (χ1v) is 7.06. The number of benzene rings is 1. The van der Waals surface area contributed by atoms with Gasteiger partial charge in [0.05, 0.1) is 7.11 Å². The number of carbonyl (C=O) groups is 1. The zero-order valence-electron chi connectivity index (χ0n) is 11.0. The third-order valence-corrected chi connectivity index (χ3v) is 3.99. The summed E-state index contributed by atoms with van der Waals surface area (Å²) in [4.78, 5) is 11.1. The lowest BCUT2D eigenvalue weighted by molar-refractivity contribution is -0.140. The van der Waals surface area contributed by atoms with Crippen molar-refractivity contribution in [3.05, 3.63) is 35.4 Å². The summed E-state index contributed by atoms with van der Waals surface area (Å²) in [6.45, 7) is 0. The van der Waals surface area contributed by atoms with Crippen LogP contribution in [0.4, 0.5) is 0 Å². The Morgan fingerprint density at radius 3 is 2.44 bits per heavy atom. The van der Waals surface area contributed by atoms with Crippen LogP contribution < -0.4 is 0 Å². The predicted octanol–water partition coefficient (Wildman–Crippen LogP) is 2.90. The van der Waals surface area contributed by atoms with E-state index in [1.807, 2.05) is 18.2 Å². The van der Waals surface area contributed by atoms with Crippen LogP contribution in [0.5, 0.6) is 0 Å². The third-order valence-electron chi connectivity index (χ3n) is 2.56. The number of methoxy groups -OCH3 is 1. The van der Waals surface area contributed by atoms with Gasteiger partial charge in [0.2, 0.25) is 0 Å². The number of esters is 1. The van der Waals surface area contributed by atoms with E-state index in [1.54, 1.807) is 14.2 Å². The fraction of sp³-hybridized carbons (Fsp3) is 0.462. The van der Waals surface area contributed by atoms with Crippen molar-refractivity contribution >= 4 is 14.3 Å². The third kappa shape index (κ3) is 5.13. The molecule has 100 valence electrons. The second kappa shape index (κ2) is 8.20. The molecule has 0 bridgehead atoms. The molecule has 0 aromatic heterocycles. The fourth-order valence-electron chi connectivity index (χ4n) is 1.58. The van der Waals surface area contributed by atoms with Gasteiger partial charge < -0.3 is 13.8 Å². The van der Waals surface area contributed by atoms with E-state index in [9.17, 15) is 4.79 Å². The lowest BCUT2D eigenvalue weighted by Crippen LogP contribution is -2.02. The Kier molecular flexibility index (Phi) is 6.88. The monoisotopic (exact) mass is 270 g/mol. The van der Waals surface area contributed by atoms with Crippen LogP contribution in [0, 0.1) is 0 Å². The molecule has 4 nitrogen and oxygen atoms in total. The SMILES string of the molecule is COC(=O)CCc1cccc(CP(OC)OC)c1. The van der Waals surface area contributed by atoms with Gasteiger partial charge in [0.15, 0.2) is 8.38 Å². The molecule has 0 heterocycles. The normalized spacial score (nSPS) is 10.7. The maximum atomic E-state index is 11.1. The number of ether oxygens (including phenoxy) is 1. The predicted molar refractivity (Wildman–Crippen MR) is 71.4 cm³/mol. The number of hydrogen-bond donors (Lipinski definition) is 0. The summed E-state index contributed by atoms with van der Waals surface area (Å²) in [5, 5.41) is 0. The molecule has 18 heavy (non-hydrogen) atoms. The van der Waals surface area contributed by atoms with E-state index >= 15 is 0 Å². The van der Waals surface area contributed by atoms with Crippen LogP contribution in [-0.4, -0.2) is 27.3 Å². The van der Waals surface area contributed by atoms with Crippen molar-refractivity contribution in [3.63, 3.8) is 0 Å². The molecule has 0 saturated heterocycles. The molecule has 5 heteroatoms. The molecule has 0 aliphatic carbocycles. The molecular formula is C13H19O4P. The van der Waals surface area contributed by atoms with Gasteiger partial charge in [-0.05, 0) is 17.5 Å². The summed E-state index contributed by atoms with van der Waals surface area (Å²) in [7, 11) is 3.84. The van der Waals surface area contributed by atoms with Crippen molar-refractivity contribution in [1.29, 1.82) is 0 Å². The molecular weight excluding hydrogens is 251 g/mol. The maximum Gasteiger partial charge on any atom is 0.305 e. The van der Waals surface area contributed by atoms with Crippen molar-refractivity contribution in [2.75, 3.05) is 21.3 Å². The van der Waals surface area contributed by atoms with Crippen molar-refractivity contribution in [2.45, 2.75) is 19.0 Å². The van der Waals surface area contributed by atoms with Crippen LogP contribution in [0.2, 0.25) is 0 Å². The Morgan fingerprint density at radius 2 is 1.83 bits per heavy atom. The summed E-state index contributed by atoms with van der Waals surface area (Å²) >= 11 is 0. The van der Waals surface area contributed by atoms with Crippen LogP contribution in [0.3, 0.4) is 0 Å². The molecule has 0 amide bonds. The molecule has 1 aromatic rings. The molecule has 0 aliphatic heterocycles. The lowest BCUT2D eigenvalue weighted by atomic mass is 10.1. The van der Waals surface area contributed by atoms with Gasteiger partial charge in [-0.2, -0.15) is 0 Å². The topological polar surface area (TPSA) is 44.8 Å². The van der Waals surface area contributed by atoms with Crippen LogP contribution in [0.25, 0.3) is 0 Å². The van der Waals surface area contributed by atoms with E-state index in [1.165, 1.54) is 7.11 Å². The van der Waals surface area contributed by atoms with Crippen LogP contribution in [0.15, 0.2) is 24.3 Å². The van der Waals surface area contributed by atoms with Crippen LogP contribution in [0.1, 0.15) is 17.5 Å². The number of aryl methyl sites for hydroxylation is 1. The first-order valence-electron chi connectivity index (χ1n) is 5.70. The average molecular weight is 270 g/mol. The molecule has 0 N–H and O–H groups in total. The van der Waals surface area contributed by atoms with Crippen molar-refractivity contribution < 1.29 is 18.6 Å². The van der Waals surface area contributed by atoms with Gasteiger partial charge in [-0.3, -0.25) is 4.79 Å². The Labute approximate surface area is 109 Å². The van der Waals surface area contributed by atoms with Gasteiger partial charge >= 0.3 is 5.97 Å². The molecule has 0 fully saturated rings. The number of hydrogen-bond acceptors (Lipinski definition) is 4. The molecule has 0 unspecified atom stereocenters.